The minimum Gasteiger partial charge on any atom is -0.298 e. The number of halogens is 2. The smallest absolute Gasteiger partial charge is 0.266 e. The molecule has 0 spiro atoms. The molecule has 1 amide bonds. The minimum absolute atomic E-state index is 0.0251. The first-order chi connectivity index (χ1) is 16.0. The second kappa shape index (κ2) is 10.1. The third-order valence-corrected chi connectivity index (χ3v) is 6.22. The summed E-state index contributed by atoms with van der Waals surface area (Å²) in [6.45, 7) is -0.0891. The zero-order chi connectivity index (χ0) is 23.4. The lowest BCUT2D eigenvalue weighted by Gasteiger charge is -2.20. The number of anilines is 1. The molecule has 0 aliphatic carbocycles. The van der Waals surface area contributed by atoms with E-state index in [2.05, 4.69) is 4.98 Å². The molecule has 0 aliphatic heterocycles. The van der Waals surface area contributed by atoms with E-state index in [0.29, 0.717) is 37.5 Å². The summed E-state index contributed by atoms with van der Waals surface area (Å²) in [5.41, 5.74) is 1.34. The standard InChI is InChI=1S/C24H16Cl2N4O2S/c25-16-6-9-19(10-7-16)30-23(32)20-11-8-17(26)14-21(20)28-24(30)33-15-22(31)29(13-12-27)18-4-2-1-3-5-18/h1-11,14H,13,15H2. The number of thioether (sulfide) groups is 1. The van der Waals surface area contributed by atoms with Crippen molar-refractivity contribution in [1.82, 2.24) is 9.55 Å². The second-order valence-electron chi connectivity index (χ2n) is 6.94. The van der Waals surface area contributed by atoms with Crippen LogP contribution in [0.15, 0.2) is 82.7 Å². The topological polar surface area (TPSA) is 79.0 Å². The van der Waals surface area contributed by atoms with E-state index in [1.807, 2.05) is 12.1 Å². The fourth-order valence-corrected chi connectivity index (χ4v) is 4.44. The molecule has 0 atom stereocenters. The zero-order valence-corrected chi connectivity index (χ0v) is 19.4. The Morgan fingerprint density at radius 1 is 1.03 bits per heavy atom. The van der Waals surface area contributed by atoms with Crippen LogP contribution < -0.4 is 10.5 Å². The van der Waals surface area contributed by atoms with Crippen molar-refractivity contribution in [2.75, 3.05) is 17.2 Å². The fourth-order valence-electron chi connectivity index (χ4n) is 3.26. The van der Waals surface area contributed by atoms with Gasteiger partial charge in [0.15, 0.2) is 5.16 Å². The third kappa shape index (κ3) is 5.04. The van der Waals surface area contributed by atoms with Gasteiger partial charge in [-0.3, -0.25) is 19.1 Å². The van der Waals surface area contributed by atoms with Gasteiger partial charge in [0.05, 0.1) is 28.4 Å². The van der Waals surface area contributed by atoms with Crippen molar-refractivity contribution >= 4 is 57.5 Å². The van der Waals surface area contributed by atoms with Crippen LogP contribution in [0.5, 0.6) is 0 Å². The number of nitriles is 1. The van der Waals surface area contributed by atoms with Gasteiger partial charge in [0, 0.05) is 15.7 Å². The Hall–Kier alpha value is -3.31. The number of para-hydroxylation sites is 1. The highest BCUT2D eigenvalue weighted by Gasteiger charge is 2.19. The Labute approximate surface area is 204 Å². The average Bonchev–Trinajstić information content (AvgIpc) is 2.82. The first-order valence-electron chi connectivity index (χ1n) is 9.81. The number of aromatic nitrogens is 2. The number of benzene rings is 3. The lowest BCUT2D eigenvalue weighted by atomic mass is 10.2. The molecule has 0 saturated carbocycles. The molecule has 4 aromatic rings. The van der Waals surface area contributed by atoms with Crippen LogP contribution in [0.3, 0.4) is 0 Å². The summed E-state index contributed by atoms with van der Waals surface area (Å²) in [5, 5.41) is 10.9. The number of fused-ring (bicyclic) bond motifs is 1. The normalized spacial score (nSPS) is 10.7. The molecular weight excluding hydrogens is 479 g/mol. The van der Waals surface area contributed by atoms with Gasteiger partial charge in [-0.15, -0.1) is 0 Å². The van der Waals surface area contributed by atoms with E-state index in [4.69, 9.17) is 23.2 Å². The van der Waals surface area contributed by atoms with Crippen LogP contribution in [-0.2, 0) is 4.79 Å². The van der Waals surface area contributed by atoms with Gasteiger partial charge in [0.2, 0.25) is 5.91 Å². The number of hydrogen-bond acceptors (Lipinski definition) is 5. The Kier molecular flexibility index (Phi) is 6.99. The molecule has 0 N–H and O–H groups in total. The highest BCUT2D eigenvalue weighted by molar-refractivity contribution is 7.99. The molecular formula is C24H16Cl2N4O2S. The van der Waals surface area contributed by atoms with Crippen molar-refractivity contribution in [2.45, 2.75) is 5.16 Å². The molecule has 1 heterocycles. The molecule has 0 fully saturated rings. The first-order valence-corrected chi connectivity index (χ1v) is 11.6. The maximum Gasteiger partial charge on any atom is 0.266 e. The maximum atomic E-state index is 13.3. The highest BCUT2D eigenvalue weighted by atomic mass is 35.5. The number of amides is 1. The number of rotatable bonds is 6. The lowest BCUT2D eigenvalue weighted by Crippen LogP contribution is -2.33. The van der Waals surface area contributed by atoms with Crippen molar-refractivity contribution in [3.63, 3.8) is 0 Å². The Bertz CT molecular complexity index is 1420. The van der Waals surface area contributed by atoms with Crippen LogP contribution in [0.25, 0.3) is 16.6 Å². The summed E-state index contributed by atoms with van der Waals surface area (Å²) in [4.78, 5) is 32.4. The van der Waals surface area contributed by atoms with Gasteiger partial charge in [-0.1, -0.05) is 53.2 Å². The molecule has 0 aliphatic rings. The SMILES string of the molecule is N#CCN(C(=O)CSc1nc2cc(Cl)ccc2c(=O)n1-c1ccc(Cl)cc1)c1ccccc1. The first kappa shape index (κ1) is 22.9. The van der Waals surface area contributed by atoms with Gasteiger partial charge in [0.25, 0.3) is 5.56 Å². The summed E-state index contributed by atoms with van der Waals surface area (Å²) >= 11 is 13.2. The summed E-state index contributed by atoms with van der Waals surface area (Å²) < 4.78 is 1.45. The molecule has 0 radical (unpaired) electrons. The lowest BCUT2D eigenvalue weighted by molar-refractivity contribution is -0.116. The van der Waals surface area contributed by atoms with Crippen molar-refractivity contribution in [1.29, 1.82) is 5.26 Å². The van der Waals surface area contributed by atoms with E-state index < -0.39 is 0 Å². The minimum atomic E-state index is -0.286. The molecule has 33 heavy (non-hydrogen) atoms. The zero-order valence-electron chi connectivity index (χ0n) is 17.1. The summed E-state index contributed by atoms with van der Waals surface area (Å²) in [6, 6.07) is 22.6. The maximum absolute atomic E-state index is 13.3. The second-order valence-corrected chi connectivity index (χ2v) is 8.75. The molecule has 164 valence electrons. The van der Waals surface area contributed by atoms with Gasteiger partial charge < -0.3 is 0 Å². The largest absolute Gasteiger partial charge is 0.298 e. The summed E-state index contributed by atoms with van der Waals surface area (Å²) in [6.07, 6.45) is 0. The molecule has 0 unspecified atom stereocenters. The Morgan fingerprint density at radius 2 is 1.73 bits per heavy atom. The van der Waals surface area contributed by atoms with E-state index in [1.54, 1.807) is 66.7 Å². The van der Waals surface area contributed by atoms with Crippen LogP contribution in [0.1, 0.15) is 0 Å². The molecule has 0 saturated heterocycles. The van der Waals surface area contributed by atoms with Crippen molar-refractivity contribution in [2.24, 2.45) is 0 Å². The predicted octanol–water partition coefficient (Wildman–Crippen LogP) is 5.34. The molecule has 1 aromatic heterocycles. The van der Waals surface area contributed by atoms with Crippen LogP contribution in [-0.4, -0.2) is 27.8 Å². The molecule has 3 aromatic carbocycles. The van der Waals surface area contributed by atoms with Gasteiger partial charge in [-0.25, -0.2) is 4.98 Å². The highest BCUT2D eigenvalue weighted by Crippen LogP contribution is 2.25. The van der Waals surface area contributed by atoms with Gasteiger partial charge in [-0.05, 0) is 54.6 Å². The Balaban J connectivity index is 1.74. The number of hydrogen-bond donors (Lipinski definition) is 0. The summed E-state index contributed by atoms with van der Waals surface area (Å²) in [5.74, 6) is -0.307. The van der Waals surface area contributed by atoms with E-state index in [-0.39, 0.29) is 23.8 Å². The quantitative estimate of drug-likeness (QED) is 0.205. The van der Waals surface area contributed by atoms with E-state index >= 15 is 0 Å². The number of carbonyl (C=O) groups excluding carboxylic acids is 1. The third-order valence-electron chi connectivity index (χ3n) is 4.81. The van der Waals surface area contributed by atoms with Crippen LogP contribution in [0.4, 0.5) is 5.69 Å². The molecule has 6 nitrogen and oxygen atoms in total. The average molecular weight is 495 g/mol. The molecule has 0 bridgehead atoms. The predicted molar refractivity (Wildman–Crippen MR) is 132 cm³/mol. The van der Waals surface area contributed by atoms with Crippen LogP contribution >= 0.6 is 35.0 Å². The Morgan fingerprint density at radius 3 is 2.42 bits per heavy atom. The van der Waals surface area contributed by atoms with Crippen LogP contribution in [0, 0.1) is 11.3 Å². The van der Waals surface area contributed by atoms with E-state index in [0.717, 1.165) is 11.8 Å². The van der Waals surface area contributed by atoms with E-state index in [1.165, 1.54) is 9.47 Å². The van der Waals surface area contributed by atoms with E-state index in [9.17, 15) is 14.9 Å². The number of nitrogens with zero attached hydrogens (tertiary/aromatic N) is 4. The van der Waals surface area contributed by atoms with Crippen molar-refractivity contribution < 1.29 is 4.79 Å². The van der Waals surface area contributed by atoms with Crippen molar-refractivity contribution in [3.05, 3.63) is 93.2 Å². The van der Waals surface area contributed by atoms with Gasteiger partial charge in [-0.2, -0.15) is 5.26 Å². The fraction of sp³-hybridized carbons (Fsp3) is 0.0833. The monoisotopic (exact) mass is 494 g/mol. The van der Waals surface area contributed by atoms with Gasteiger partial charge in [0.1, 0.15) is 6.54 Å². The van der Waals surface area contributed by atoms with Gasteiger partial charge >= 0.3 is 0 Å². The summed E-state index contributed by atoms with van der Waals surface area (Å²) in [7, 11) is 0. The van der Waals surface area contributed by atoms with Crippen molar-refractivity contribution in [3.8, 4) is 11.8 Å². The van der Waals surface area contributed by atoms with Crippen LogP contribution in [0.2, 0.25) is 10.0 Å². The molecule has 9 heteroatoms. The number of carbonyl (C=O) groups is 1. The molecule has 4 rings (SSSR count).